The smallest absolute Gasteiger partial charge is 0.161 e. The van der Waals surface area contributed by atoms with Gasteiger partial charge in [-0.15, -0.1) is 0 Å². The van der Waals surface area contributed by atoms with E-state index in [-0.39, 0.29) is 0 Å². The van der Waals surface area contributed by atoms with E-state index in [0.29, 0.717) is 21.8 Å². The number of anilines is 1. The van der Waals surface area contributed by atoms with Crippen molar-refractivity contribution in [2.24, 2.45) is 10.9 Å². The number of halogens is 1. The Morgan fingerprint density at radius 3 is 2.89 bits per heavy atom. The van der Waals surface area contributed by atoms with E-state index in [9.17, 15) is 0 Å². The zero-order valence-electron chi connectivity index (χ0n) is 10.3. The van der Waals surface area contributed by atoms with Crippen LogP contribution in [0.4, 0.5) is 5.69 Å². The van der Waals surface area contributed by atoms with Crippen LogP contribution in [0.3, 0.4) is 0 Å². The van der Waals surface area contributed by atoms with Gasteiger partial charge < -0.3 is 5.32 Å². The van der Waals surface area contributed by atoms with Crippen LogP contribution in [-0.2, 0) is 0 Å². The first-order valence-electron chi connectivity index (χ1n) is 5.78. The molecule has 0 saturated heterocycles. The summed E-state index contributed by atoms with van der Waals surface area (Å²) in [5.41, 5.74) is 1.36. The van der Waals surface area contributed by atoms with Gasteiger partial charge in [0.05, 0.1) is 17.1 Å². The fraction of sp³-hybridized carbons (Fsp3) is 0.385. The topological polar surface area (TPSA) is 48.2 Å². The average molecular weight is 280 g/mol. The van der Waals surface area contributed by atoms with E-state index < -0.39 is 0 Å². The molecule has 1 aliphatic heterocycles. The molecule has 1 aliphatic rings. The van der Waals surface area contributed by atoms with Crippen molar-refractivity contribution in [3.63, 3.8) is 0 Å². The van der Waals surface area contributed by atoms with Crippen LogP contribution >= 0.6 is 23.4 Å². The lowest BCUT2D eigenvalue weighted by atomic mass is 10.1. The van der Waals surface area contributed by atoms with E-state index in [0.717, 1.165) is 17.4 Å². The Hall–Kier alpha value is -1.18. The van der Waals surface area contributed by atoms with E-state index in [1.54, 1.807) is 23.9 Å². The van der Waals surface area contributed by atoms with E-state index in [4.69, 9.17) is 16.9 Å². The van der Waals surface area contributed by atoms with E-state index in [2.05, 4.69) is 24.2 Å². The molecule has 18 heavy (non-hydrogen) atoms. The zero-order chi connectivity index (χ0) is 13.1. The van der Waals surface area contributed by atoms with Gasteiger partial charge in [0.1, 0.15) is 6.07 Å². The fourth-order valence-electron chi connectivity index (χ4n) is 1.61. The van der Waals surface area contributed by atoms with E-state index in [1.807, 2.05) is 12.1 Å². The summed E-state index contributed by atoms with van der Waals surface area (Å²) in [6.07, 6.45) is 0. The molecule has 0 saturated carbocycles. The Balaban J connectivity index is 2.03. The number of nitriles is 1. The molecule has 94 valence electrons. The Morgan fingerprint density at radius 1 is 1.56 bits per heavy atom. The van der Waals surface area contributed by atoms with Crippen LogP contribution in [0, 0.1) is 17.2 Å². The minimum absolute atomic E-state index is 0.464. The molecule has 0 amide bonds. The summed E-state index contributed by atoms with van der Waals surface area (Å²) in [4.78, 5) is 4.47. The van der Waals surface area contributed by atoms with Crippen LogP contribution in [-0.4, -0.2) is 17.0 Å². The van der Waals surface area contributed by atoms with Gasteiger partial charge in [0, 0.05) is 10.9 Å². The number of hydrogen-bond acceptors (Lipinski definition) is 4. The summed E-state index contributed by atoms with van der Waals surface area (Å²) < 4.78 is 0. The summed E-state index contributed by atoms with van der Waals surface area (Å²) in [6.45, 7) is 5.26. The van der Waals surface area contributed by atoms with Gasteiger partial charge in [-0.3, -0.25) is 4.99 Å². The second kappa shape index (κ2) is 5.64. The van der Waals surface area contributed by atoms with Crippen molar-refractivity contribution >= 4 is 34.2 Å². The molecule has 1 atom stereocenters. The first-order chi connectivity index (χ1) is 8.60. The average Bonchev–Trinajstić information content (AvgIpc) is 2.78. The molecule has 0 fully saturated rings. The highest BCUT2D eigenvalue weighted by atomic mass is 35.5. The largest absolute Gasteiger partial charge is 0.335 e. The van der Waals surface area contributed by atoms with Crippen molar-refractivity contribution in [2.75, 3.05) is 11.9 Å². The van der Waals surface area contributed by atoms with Gasteiger partial charge in [-0.2, -0.15) is 5.26 Å². The molecule has 3 nitrogen and oxygen atoms in total. The van der Waals surface area contributed by atoms with Gasteiger partial charge in [0.25, 0.3) is 0 Å². The molecule has 0 bridgehead atoms. The Bertz CT molecular complexity index is 519. The fourth-order valence-corrected chi connectivity index (χ4v) is 2.87. The molecular weight excluding hydrogens is 266 g/mol. The molecule has 2 rings (SSSR count). The molecule has 0 radical (unpaired) electrons. The van der Waals surface area contributed by atoms with Crippen LogP contribution < -0.4 is 5.32 Å². The van der Waals surface area contributed by atoms with Gasteiger partial charge in [0.15, 0.2) is 5.17 Å². The minimum atomic E-state index is 0.464. The Morgan fingerprint density at radius 2 is 2.33 bits per heavy atom. The van der Waals surface area contributed by atoms with Crippen LogP contribution in [0.25, 0.3) is 0 Å². The third-order valence-corrected chi connectivity index (χ3v) is 4.53. The lowest BCUT2D eigenvalue weighted by Gasteiger charge is -2.12. The molecule has 5 heteroatoms. The summed E-state index contributed by atoms with van der Waals surface area (Å²) >= 11 is 7.75. The van der Waals surface area contributed by atoms with Gasteiger partial charge in [0.2, 0.25) is 0 Å². The maximum atomic E-state index is 8.81. The monoisotopic (exact) mass is 279 g/mol. The second-order valence-corrected chi connectivity index (χ2v) is 6.11. The number of hydrogen-bond donors (Lipinski definition) is 1. The van der Waals surface area contributed by atoms with Crippen LogP contribution in [0.5, 0.6) is 0 Å². The SMILES string of the molecule is CC(C)C1CN=C(Nc2ccc(C#N)c(Cl)c2)S1. The number of nitrogens with zero attached hydrogens (tertiary/aromatic N) is 2. The minimum Gasteiger partial charge on any atom is -0.335 e. The normalized spacial score (nSPS) is 18.6. The van der Waals surface area contributed by atoms with Crippen molar-refractivity contribution in [1.29, 1.82) is 5.26 Å². The lowest BCUT2D eigenvalue weighted by Crippen LogP contribution is -2.13. The number of aliphatic imine (C=N–C) groups is 1. The van der Waals surface area contributed by atoms with Crippen LogP contribution in [0.1, 0.15) is 19.4 Å². The van der Waals surface area contributed by atoms with Gasteiger partial charge in [-0.25, -0.2) is 0 Å². The second-order valence-electron chi connectivity index (χ2n) is 4.48. The molecular formula is C13H14ClN3S. The van der Waals surface area contributed by atoms with Crippen molar-refractivity contribution in [2.45, 2.75) is 19.1 Å². The summed E-state index contributed by atoms with van der Waals surface area (Å²) in [5.74, 6) is 0.614. The third-order valence-electron chi connectivity index (χ3n) is 2.76. The number of thioether (sulfide) groups is 1. The first-order valence-corrected chi connectivity index (χ1v) is 7.03. The molecule has 1 aromatic rings. The van der Waals surface area contributed by atoms with Crippen molar-refractivity contribution in [3.8, 4) is 6.07 Å². The Labute approximate surface area is 116 Å². The maximum absolute atomic E-state index is 8.81. The van der Waals surface area contributed by atoms with E-state index in [1.165, 1.54) is 0 Å². The summed E-state index contributed by atoms with van der Waals surface area (Å²) in [6, 6.07) is 7.36. The summed E-state index contributed by atoms with van der Waals surface area (Å²) in [5, 5.41) is 14.0. The predicted molar refractivity (Wildman–Crippen MR) is 78.3 cm³/mol. The number of rotatable bonds is 2. The molecule has 0 spiro atoms. The lowest BCUT2D eigenvalue weighted by molar-refractivity contribution is 0.621. The highest BCUT2D eigenvalue weighted by Gasteiger charge is 2.22. The Kier molecular flexibility index (Phi) is 4.15. The molecule has 1 unspecified atom stereocenters. The van der Waals surface area contributed by atoms with Crippen molar-refractivity contribution in [3.05, 3.63) is 28.8 Å². The number of amidine groups is 1. The van der Waals surface area contributed by atoms with Gasteiger partial charge in [-0.1, -0.05) is 37.2 Å². The zero-order valence-corrected chi connectivity index (χ0v) is 11.8. The third kappa shape index (κ3) is 2.98. The molecule has 1 aromatic carbocycles. The molecule has 1 N–H and O–H groups in total. The van der Waals surface area contributed by atoms with Crippen LogP contribution in [0.2, 0.25) is 5.02 Å². The first kappa shape index (κ1) is 13.3. The van der Waals surface area contributed by atoms with Crippen LogP contribution in [0.15, 0.2) is 23.2 Å². The highest BCUT2D eigenvalue weighted by molar-refractivity contribution is 8.15. The molecule has 1 heterocycles. The van der Waals surface area contributed by atoms with Gasteiger partial charge >= 0.3 is 0 Å². The number of benzene rings is 1. The molecule has 0 aromatic heterocycles. The predicted octanol–water partition coefficient (Wildman–Crippen LogP) is 3.75. The highest BCUT2D eigenvalue weighted by Crippen LogP contribution is 2.28. The van der Waals surface area contributed by atoms with Gasteiger partial charge in [-0.05, 0) is 24.1 Å². The standard InChI is InChI=1S/C13H14ClN3S/c1-8(2)12-7-16-13(18-12)17-10-4-3-9(6-15)11(14)5-10/h3-5,8,12H,7H2,1-2H3,(H,16,17). The van der Waals surface area contributed by atoms with Crippen molar-refractivity contribution < 1.29 is 0 Å². The van der Waals surface area contributed by atoms with Crippen molar-refractivity contribution in [1.82, 2.24) is 0 Å². The maximum Gasteiger partial charge on any atom is 0.161 e. The van der Waals surface area contributed by atoms with E-state index >= 15 is 0 Å². The number of nitrogens with one attached hydrogen (secondary N) is 1. The summed E-state index contributed by atoms with van der Waals surface area (Å²) in [7, 11) is 0. The molecule has 0 aliphatic carbocycles. The quantitative estimate of drug-likeness (QED) is 0.897.